The van der Waals surface area contributed by atoms with Gasteiger partial charge in [0.15, 0.2) is 0 Å². The standard InChI is InChI=1S/C12H17NO/c1-14-10-12(8-5-9-13-12)11-6-3-2-4-7-11/h2-4,6-7,13H,5,8-10H2,1H3. The van der Waals surface area contributed by atoms with Crippen LogP contribution in [0.25, 0.3) is 0 Å². The van der Waals surface area contributed by atoms with E-state index in [1.807, 2.05) is 0 Å². The van der Waals surface area contributed by atoms with E-state index in [1.54, 1.807) is 7.11 Å². The zero-order valence-corrected chi connectivity index (χ0v) is 8.62. The van der Waals surface area contributed by atoms with Crippen molar-refractivity contribution < 1.29 is 4.74 Å². The van der Waals surface area contributed by atoms with Crippen LogP contribution in [-0.2, 0) is 10.3 Å². The van der Waals surface area contributed by atoms with E-state index in [4.69, 9.17) is 4.74 Å². The average Bonchev–Trinajstić information content (AvgIpc) is 2.70. The van der Waals surface area contributed by atoms with E-state index < -0.39 is 0 Å². The first-order valence-electron chi connectivity index (χ1n) is 5.17. The first-order valence-corrected chi connectivity index (χ1v) is 5.17. The van der Waals surface area contributed by atoms with Crippen molar-refractivity contribution in [3.63, 3.8) is 0 Å². The Morgan fingerprint density at radius 3 is 2.71 bits per heavy atom. The van der Waals surface area contributed by atoms with E-state index in [0.717, 1.165) is 13.2 Å². The fourth-order valence-corrected chi connectivity index (χ4v) is 2.26. The highest BCUT2D eigenvalue weighted by molar-refractivity contribution is 5.25. The highest BCUT2D eigenvalue weighted by atomic mass is 16.5. The minimum atomic E-state index is 0.0655. The number of nitrogens with one attached hydrogen (secondary N) is 1. The number of hydrogen-bond acceptors (Lipinski definition) is 2. The van der Waals surface area contributed by atoms with Gasteiger partial charge in [0.1, 0.15) is 0 Å². The second-order valence-corrected chi connectivity index (χ2v) is 3.91. The fraction of sp³-hybridized carbons (Fsp3) is 0.500. The molecule has 1 aromatic carbocycles. The van der Waals surface area contributed by atoms with Gasteiger partial charge in [-0.05, 0) is 24.9 Å². The largest absolute Gasteiger partial charge is 0.382 e. The Labute approximate surface area is 85.3 Å². The summed E-state index contributed by atoms with van der Waals surface area (Å²) >= 11 is 0. The first kappa shape index (κ1) is 9.69. The normalized spacial score (nSPS) is 26.6. The molecule has 1 aromatic rings. The summed E-state index contributed by atoms with van der Waals surface area (Å²) in [5.41, 5.74) is 1.41. The molecule has 1 unspecified atom stereocenters. The summed E-state index contributed by atoms with van der Waals surface area (Å²) in [6.07, 6.45) is 2.41. The van der Waals surface area contributed by atoms with E-state index in [9.17, 15) is 0 Å². The van der Waals surface area contributed by atoms with Gasteiger partial charge in [0, 0.05) is 7.11 Å². The molecule has 0 spiro atoms. The second kappa shape index (κ2) is 4.11. The Hall–Kier alpha value is -0.860. The Morgan fingerprint density at radius 1 is 1.36 bits per heavy atom. The number of ether oxygens (including phenoxy) is 1. The monoisotopic (exact) mass is 191 g/mol. The quantitative estimate of drug-likeness (QED) is 0.788. The lowest BCUT2D eigenvalue weighted by molar-refractivity contribution is 0.120. The van der Waals surface area contributed by atoms with Gasteiger partial charge in [-0.25, -0.2) is 0 Å². The Balaban J connectivity index is 2.27. The molecule has 1 aliphatic heterocycles. The maximum Gasteiger partial charge on any atom is 0.0686 e. The van der Waals surface area contributed by atoms with Crippen LogP contribution in [0.1, 0.15) is 18.4 Å². The van der Waals surface area contributed by atoms with Crippen LogP contribution in [-0.4, -0.2) is 20.3 Å². The maximum absolute atomic E-state index is 5.32. The van der Waals surface area contributed by atoms with Crippen molar-refractivity contribution in [2.24, 2.45) is 0 Å². The van der Waals surface area contributed by atoms with Crippen LogP contribution in [0.3, 0.4) is 0 Å². The zero-order chi connectivity index (χ0) is 9.86. The lowest BCUT2D eigenvalue weighted by Crippen LogP contribution is -2.40. The van der Waals surface area contributed by atoms with Crippen molar-refractivity contribution in [3.8, 4) is 0 Å². The summed E-state index contributed by atoms with van der Waals surface area (Å²) < 4.78 is 5.32. The van der Waals surface area contributed by atoms with Crippen molar-refractivity contribution in [1.29, 1.82) is 0 Å². The molecule has 2 heteroatoms. The Morgan fingerprint density at radius 2 is 2.14 bits per heavy atom. The van der Waals surface area contributed by atoms with E-state index in [0.29, 0.717) is 0 Å². The minimum Gasteiger partial charge on any atom is -0.382 e. The van der Waals surface area contributed by atoms with Crippen molar-refractivity contribution >= 4 is 0 Å². The van der Waals surface area contributed by atoms with Crippen LogP contribution in [0.5, 0.6) is 0 Å². The van der Waals surface area contributed by atoms with Crippen molar-refractivity contribution in [3.05, 3.63) is 35.9 Å². The molecule has 1 saturated heterocycles. The molecule has 76 valence electrons. The molecule has 0 amide bonds. The van der Waals surface area contributed by atoms with Crippen molar-refractivity contribution in [2.75, 3.05) is 20.3 Å². The van der Waals surface area contributed by atoms with E-state index in [2.05, 4.69) is 35.6 Å². The summed E-state index contributed by atoms with van der Waals surface area (Å²) in [5.74, 6) is 0. The van der Waals surface area contributed by atoms with Gasteiger partial charge < -0.3 is 10.1 Å². The minimum absolute atomic E-state index is 0.0655. The van der Waals surface area contributed by atoms with Gasteiger partial charge in [-0.15, -0.1) is 0 Å². The highest BCUT2D eigenvalue weighted by Gasteiger charge is 2.34. The first-order chi connectivity index (χ1) is 6.87. The second-order valence-electron chi connectivity index (χ2n) is 3.91. The Kier molecular flexibility index (Phi) is 2.85. The van der Waals surface area contributed by atoms with Crippen LogP contribution in [0.2, 0.25) is 0 Å². The predicted molar refractivity (Wildman–Crippen MR) is 57.2 cm³/mol. The van der Waals surface area contributed by atoms with E-state index in [1.165, 1.54) is 18.4 Å². The molecule has 0 saturated carbocycles. The molecule has 1 N–H and O–H groups in total. The molecule has 1 fully saturated rings. The van der Waals surface area contributed by atoms with Gasteiger partial charge in [0.2, 0.25) is 0 Å². The van der Waals surface area contributed by atoms with Gasteiger partial charge in [0.05, 0.1) is 12.1 Å². The van der Waals surface area contributed by atoms with Crippen LogP contribution in [0.4, 0.5) is 0 Å². The topological polar surface area (TPSA) is 21.3 Å². The third kappa shape index (κ3) is 1.68. The number of rotatable bonds is 3. The summed E-state index contributed by atoms with van der Waals surface area (Å²) in [7, 11) is 1.77. The molecule has 0 aromatic heterocycles. The summed E-state index contributed by atoms with van der Waals surface area (Å²) in [6, 6.07) is 10.6. The van der Waals surface area contributed by atoms with Gasteiger partial charge in [0.25, 0.3) is 0 Å². The van der Waals surface area contributed by atoms with E-state index in [-0.39, 0.29) is 5.54 Å². The molecule has 0 radical (unpaired) electrons. The lowest BCUT2D eigenvalue weighted by Gasteiger charge is -2.29. The Bertz CT molecular complexity index is 278. The van der Waals surface area contributed by atoms with Crippen LogP contribution in [0.15, 0.2) is 30.3 Å². The molecule has 1 atom stereocenters. The maximum atomic E-state index is 5.32. The summed E-state index contributed by atoms with van der Waals surface area (Å²) in [6.45, 7) is 1.86. The van der Waals surface area contributed by atoms with Gasteiger partial charge in [-0.2, -0.15) is 0 Å². The number of methoxy groups -OCH3 is 1. The SMILES string of the molecule is COCC1(c2ccccc2)CCCN1. The molecule has 1 aliphatic rings. The van der Waals surface area contributed by atoms with E-state index >= 15 is 0 Å². The molecule has 2 nitrogen and oxygen atoms in total. The molecule has 2 rings (SSSR count). The average molecular weight is 191 g/mol. The van der Waals surface area contributed by atoms with Crippen LogP contribution in [0, 0.1) is 0 Å². The molecule has 0 bridgehead atoms. The van der Waals surface area contributed by atoms with Crippen LogP contribution < -0.4 is 5.32 Å². The van der Waals surface area contributed by atoms with Gasteiger partial charge in [-0.1, -0.05) is 30.3 Å². The smallest absolute Gasteiger partial charge is 0.0686 e. The zero-order valence-electron chi connectivity index (χ0n) is 8.62. The molecule has 14 heavy (non-hydrogen) atoms. The molecular weight excluding hydrogens is 174 g/mol. The molecule has 0 aliphatic carbocycles. The lowest BCUT2D eigenvalue weighted by atomic mass is 9.89. The molecular formula is C12H17NO. The highest BCUT2D eigenvalue weighted by Crippen LogP contribution is 2.30. The summed E-state index contributed by atoms with van der Waals surface area (Å²) in [4.78, 5) is 0. The van der Waals surface area contributed by atoms with Crippen LogP contribution >= 0.6 is 0 Å². The van der Waals surface area contributed by atoms with Crippen molar-refractivity contribution in [2.45, 2.75) is 18.4 Å². The van der Waals surface area contributed by atoms with Gasteiger partial charge >= 0.3 is 0 Å². The number of benzene rings is 1. The number of hydrogen-bond donors (Lipinski definition) is 1. The third-order valence-electron chi connectivity index (χ3n) is 2.96. The predicted octanol–water partition coefficient (Wildman–Crippen LogP) is 1.91. The van der Waals surface area contributed by atoms with Crippen molar-refractivity contribution in [1.82, 2.24) is 5.32 Å². The third-order valence-corrected chi connectivity index (χ3v) is 2.96. The fourth-order valence-electron chi connectivity index (χ4n) is 2.26. The van der Waals surface area contributed by atoms with Gasteiger partial charge in [-0.3, -0.25) is 0 Å². The molecule has 1 heterocycles. The summed E-state index contributed by atoms with van der Waals surface area (Å²) in [5, 5.41) is 3.56.